The Morgan fingerprint density at radius 3 is 3.12 bits per heavy atom. The van der Waals surface area contributed by atoms with E-state index in [-0.39, 0.29) is 5.82 Å². The van der Waals surface area contributed by atoms with E-state index in [0.717, 1.165) is 4.88 Å². The second-order valence-electron chi connectivity index (χ2n) is 2.95. The predicted octanol–water partition coefficient (Wildman–Crippen LogP) is 2.06. The highest BCUT2D eigenvalue weighted by Crippen LogP contribution is 2.21. The molecule has 6 nitrogen and oxygen atoms in total. The van der Waals surface area contributed by atoms with Crippen molar-refractivity contribution in [1.29, 1.82) is 0 Å². The van der Waals surface area contributed by atoms with Gasteiger partial charge in [-0.05, 0) is 22.0 Å². The molecule has 1 N–H and O–H groups in total. The third-order valence-corrected chi connectivity index (χ3v) is 2.68. The number of nitrogens with zero attached hydrogens (tertiary/aromatic N) is 3. The summed E-state index contributed by atoms with van der Waals surface area (Å²) in [6.45, 7) is 0.511. The minimum Gasteiger partial charge on any atom is -0.373 e. The Hall–Kier alpha value is -2.02. The average molecular weight is 236 g/mol. The number of aromatic nitrogens is 2. The zero-order chi connectivity index (χ0) is 11.4. The topological polar surface area (TPSA) is 81.0 Å². The molecule has 0 saturated heterocycles. The lowest BCUT2D eigenvalue weighted by Crippen LogP contribution is -2.02. The minimum absolute atomic E-state index is 0.160. The summed E-state index contributed by atoms with van der Waals surface area (Å²) in [5.41, 5.74) is 2.13. The zero-order valence-corrected chi connectivity index (χ0v) is 8.98. The second-order valence-corrected chi connectivity index (χ2v) is 3.92. The molecule has 0 aliphatic heterocycles. The van der Waals surface area contributed by atoms with Crippen molar-refractivity contribution in [2.75, 3.05) is 5.32 Å². The third kappa shape index (κ3) is 2.31. The molecule has 0 bridgehead atoms. The largest absolute Gasteiger partial charge is 0.386 e. The molecule has 2 aromatic heterocycles. The molecule has 0 spiro atoms. The van der Waals surface area contributed by atoms with Gasteiger partial charge in [-0.25, -0.2) is 0 Å². The van der Waals surface area contributed by atoms with Crippen molar-refractivity contribution < 1.29 is 4.92 Å². The van der Waals surface area contributed by atoms with Gasteiger partial charge in [-0.2, -0.15) is 0 Å². The number of thiazole rings is 1. The third-order valence-electron chi connectivity index (χ3n) is 1.90. The first kappa shape index (κ1) is 10.5. The number of nitrogens with one attached hydrogen (secondary N) is 1. The molecule has 0 saturated carbocycles. The molecule has 0 aliphatic rings. The number of hydrogen-bond donors (Lipinski definition) is 1. The molecule has 0 amide bonds. The SMILES string of the molecule is O=[N+]([O-])c1ncccc1NCc1cncs1. The maximum absolute atomic E-state index is 10.7. The van der Waals surface area contributed by atoms with Crippen molar-refractivity contribution in [2.45, 2.75) is 6.54 Å². The molecule has 0 aromatic carbocycles. The summed E-state index contributed by atoms with van der Waals surface area (Å²) < 4.78 is 0. The van der Waals surface area contributed by atoms with Gasteiger partial charge in [-0.15, -0.1) is 11.3 Å². The molecule has 82 valence electrons. The summed E-state index contributed by atoms with van der Waals surface area (Å²) in [4.78, 5) is 18.8. The summed E-state index contributed by atoms with van der Waals surface area (Å²) >= 11 is 1.49. The summed E-state index contributed by atoms with van der Waals surface area (Å²) in [5, 5.41) is 13.6. The van der Waals surface area contributed by atoms with Crippen molar-refractivity contribution in [3.8, 4) is 0 Å². The van der Waals surface area contributed by atoms with Gasteiger partial charge < -0.3 is 15.4 Å². The highest BCUT2D eigenvalue weighted by Gasteiger charge is 2.13. The lowest BCUT2D eigenvalue weighted by molar-refractivity contribution is -0.388. The number of hydrogen-bond acceptors (Lipinski definition) is 6. The van der Waals surface area contributed by atoms with Gasteiger partial charge in [0.1, 0.15) is 11.9 Å². The summed E-state index contributed by atoms with van der Waals surface area (Å²) in [7, 11) is 0. The van der Waals surface area contributed by atoms with Crippen molar-refractivity contribution >= 4 is 22.8 Å². The first-order valence-corrected chi connectivity index (χ1v) is 5.36. The maximum Gasteiger partial charge on any atom is 0.386 e. The Labute approximate surface area is 95.1 Å². The normalized spacial score (nSPS) is 10.0. The Bertz CT molecular complexity index is 486. The molecule has 0 fully saturated rings. The number of nitro groups is 1. The van der Waals surface area contributed by atoms with E-state index in [0.29, 0.717) is 12.2 Å². The van der Waals surface area contributed by atoms with Crippen LogP contribution in [-0.4, -0.2) is 14.9 Å². The van der Waals surface area contributed by atoms with Gasteiger partial charge in [0.15, 0.2) is 0 Å². The molecule has 7 heteroatoms. The molecule has 0 radical (unpaired) electrons. The maximum atomic E-state index is 10.7. The highest BCUT2D eigenvalue weighted by molar-refractivity contribution is 7.09. The minimum atomic E-state index is -0.505. The summed E-state index contributed by atoms with van der Waals surface area (Å²) in [6, 6.07) is 3.29. The van der Waals surface area contributed by atoms with E-state index >= 15 is 0 Å². The van der Waals surface area contributed by atoms with Crippen LogP contribution in [0.2, 0.25) is 0 Å². The van der Waals surface area contributed by atoms with Crippen LogP contribution < -0.4 is 5.32 Å². The van der Waals surface area contributed by atoms with Crippen LogP contribution in [0, 0.1) is 10.1 Å². The zero-order valence-electron chi connectivity index (χ0n) is 8.16. The van der Waals surface area contributed by atoms with E-state index in [1.807, 2.05) is 0 Å². The van der Waals surface area contributed by atoms with Crippen molar-refractivity contribution in [2.24, 2.45) is 0 Å². The molecular weight excluding hydrogens is 228 g/mol. The smallest absolute Gasteiger partial charge is 0.373 e. The Kier molecular flexibility index (Phi) is 3.06. The average Bonchev–Trinajstić information content (AvgIpc) is 2.79. The number of pyridine rings is 1. The van der Waals surface area contributed by atoms with Crippen LogP contribution in [-0.2, 0) is 6.54 Å². The van der Waals surface area contributed by atoms with Crippen LogP contribution in [0.4, 0.5) is 11.5 Å². The van der Waals surface area contributed by atoms with Crippen LogP contribution in [0.15, 0.2) is 30.0 Å². The predicted molar refractivity (Wildman–Crippen MR) is 60.3 cm³/mol. The Balaban J connectivity index is 2.12. The molecule has 16 heavy (non-hydrogen) atoms. The van der Waals surface area contributed by atoms with Gasteiger partial charge in [-0.1, -0.05) is 0 Å². The monoisotopic (exact) mass is 236 g/mol. The van der Waals surface area contributed by atoms with Crippen LogP contribution in [0.1, 0.15) is 4.88 Å². The second kappa shape index (κ2) is 4.67. The van der Waals surface area contributed by atoms with Crippen LogP contribution in [0.3, 0.4) is 0 Å². The molecule has 0 aliphatic carbocycles. The van der Waals surface area contributed by atoms with E-state index < -0.39 is 4.92 Å². The van der Waals surface area contributed by atoms with Gasteiger partial charge in [0.05, 0.1) is 12.1 Å². The lowest BCUT2D eigenvalue weighted by Gasteiger charge is -2.03. The first-order valence-electron chi connectivity index (χ1n) is 4.48. The fourth-order valence-electron chi connectivity index (χ4n) is 1.19. The fourth-order valence-corrected chi connectivity index (χ4v) is 1.73. The number of rotatable bonds is 4. The van der Waals surface area contributed by atoms with Crippen molar-refractivity contribution in [1.82, 2.24) is 9.97 Å². The molecule has 2 heterocycles. The van der Waals surface area contributed by atoms with E-state index in [4.69, 9.17) is 0 Å². The van der Waals surface area contributed by atoms with Crippen molar-refractivity contribution in [3.63, 3.8) is 0 Å². The van der Waals surface area contributed by atoms with Crippen LogP contribution in [0.5, 0.6) is 0 Å². The highest BCUT2D eigenvalue weighted by atomic mass is 32.1. The van der Waals surface area contributed by atoms with E-state index in [2.05, 4.69) is 15.3 Å². The van der Waals surface area contributed by atoms with E-state index in [1.54, 1.807) is 23.8 Å². The van der Waals surface area contributed by atoms with Crippen LogP contribution >= 0.6 is 11.3 Å². The standard InChI is InChI=1S/C9H8N4O2S/c14-13(15)9-8(2-1-3-11-9)12-5-7-4-10-6-16-7/h1-4,6,12H,5H2. The van der Waals surface area contributed by atoms with Gasteiger partial charge in [-0.3, -0.25) is 4.98 Å². The Morgan fingerprint density at radius 1 is 1.56 bits per heavy atom. The van der Waals surface area contributed by atoms with Gasteiger partial charge in [0.2, 0.25) is 0 Å². The summed E-state index contributed by atoms with van der Waals surface area (Å²) in [6.07, 6.45) is 3.12. The van der Waals surface area contributed by atoms with E-state index in [9.17, 15) is 10.1 Å². The van der Waals surface area contributed by atoms with Gasteiger partial charge >= 0.3 is 5.82 Å². The molecule has 0 unspecified atom stereocenters. The molecule has 0 atom stereocenters. The number of anilines is 1. The summed E-state index contributed by atoms with van der Waals surface area (Å²) in [5.74, 6) is -0.160. The Morgan fingerprint density at radius 2 is 2.44 bits per heavy atom. The van der Waals surface area contributed by atoms with Gasteiger partial charge in [0.25, 0.3) is 0 Å². The molecule has 2 rings (SSSR count). The quantitative estimate of drug-likeness (QED) is 0.649. The van der Waals surface area contributed by atoms with Crippen LogP contribution in [0.25, 0.3) is 0 Å². The van der Waals surface area contributed by atoms with Gasteiger partial charge in [0, 0.05) is 11.1 Å². The van der Waals surface area contributed by atoms with E-state index in [1.165, 1.54) is 17.5 Å². The van der Waals surface area contributed by atoms with Crippen molar-refractivity contribution in [3.05, 3.63) is 45.0 Å². The lowest BCUT2D eigenvalue weighted by atomic mass is 10.3. The fraction of sp³-hybridized carbons (Fsp3) is 0.111. The molecular formula is C9H8N4O2S. The molecule has 2 aromatic rings. The first-order chi connectivity index (χ1) is 7.77.